The van der Waals surface area contributed by atoms with E-state index in [-0.39, 0.29) is 6.04 Å². The third-order valence-electron chi connectivity index (χ3n) is 3.06. The van der Waals surface area contributed by atoms with Gasteiger partial charge in [0.1, 0.15) is 5.84 Å². The van der Waals surface area contributed by atoms with Crippen LogP contribution < -0.4 is 5.73 Å². The number of hydrogen-bond acceptors (Lipinski definition) is 2. The maximum Gasteiger partial charge on any atom is 0.125 e. The van der Waals surface area contributed by atoms with Gasteiger partial charge in [0.15, 0.2) is 0 Å². The molecule has 2 rings (SSSR count). The Morgan fingerprint density at radius 1 is 1.44 bits per heavy atom. The molecule has 3 heteroatoms. The van der Waals surface area contributed by atoms with Gasteiger partial charge in [0.05, 0.1) is 12.6 Å². The SMILES string of the molecule is CC(N=C(N)c1ccccc1)C1CCOC1. The highest BCUT2D eigenvalue weighted by Gasteiger charge is 2.21. The van der Waals surface area contributed by atoms with Crippen LogP contribution in [-0.4, -0.2) is 25.1 Å². The van der Waals surface area contributed by atoms with Gasteiger partial charge >= 0.3 is 0 Å². The number of nitrogens with two attached hydrogens (primary N) is 1. The fourth-order valence-corrected chi connectivity index (χ4v) is 1.94. The minimum atomic E-state index is 0.239. The maximum absolute atomic E-state index is 5.97. The molecule has 1 aromatic rings. The first-order valence-electron chi connectivity index (χ1n) is 5.74. The van der Waals surface area contributed by atoms with Crippen molar-refractivity contribution in [3.05, 3.63) is 35.9 Å². The van der Waals surface area contributed by atoms with Crippen LogP contribution in [0.3, 0.4) is 0 Å². The van der Waals surface area contributed by atoms with Crippen molar-refractivity contribution in [1.29, 1.82) is 0 Å². The van der Waals surface area contributed by atoms with Crippen molar-refractivity contribution in [3.8, 4) is 0 Å². The molecule has 3 nitrogen and oxygen atoms in total. The molecular weight excluding hydrogens is 200 g/mol. The number of benzene rings is 1. The molecule has 0 amide bonds. The molecule has 0 aromatic heterocycles. The molecule has 2 unspecified atom stereocenters. The zero-order valence-electron chi connectivity index (χ0n) is 9.60. The molecule has 0 radical (unpaired) electrons. The predicted molar refractivity (Wildman–Crippen MR) is 65.6 cm³/mol. The highest BCUT2D eigenvalue weighted by molar-refractivity contribution is 5.97. The van der Waals surface area contributed by atoms with Crippen LogP contribution in [0.15, 0.2) is 35.3 Å². The Hall–Kier alpha value is -1.35. The first-order chi connectivity index (χ1) is 7.77. The van der Waals surface area contributed by atoms with E-state index in [2.05, 4.69) is 11.9 Å². The molecule has 0 bridgehead atoms. The summed E-state index contributed by atoms with van der Waals surface area (Å²) in [5.41, 5.74) is 6.97. The van der Waals surface area contributed by atoms with E-state index in [4.69, 9.17) is 10.5 Å². The number of rotatable bonds is 3. The lowest BCUT2D eigenvalue weighted by Crippen LogP contribution is -2.22. The maximum atomic E-state index is 5.97. The van der Waals surface area contributed by atoms with Crippen molar-refractivity contribution < 1.29 is 4.74 Å². The predicted octanol–water partition coefficient (Wildman–Crippen LogP) is 1.82. The van der Waals surface area contributed by atoms with E-state index in [9.17, 15) is 0 Å². The van der Waals surface area contributed by atoms with Crippen LogP contribution in [0.1, 0.15) is 18.9 Å². The minimum Gasteiger partial charge on any atom is -0.383 e. The molecule has 1 heterocycles. The van der Waals surface area contributed by atoms with Crippen LogP contribution in [0.25, 0.3) is 0 Å². The van der Waals surface area contributed by atoms with Crippen LogP contribution in [-0.2, 0) is 4.74 Å². The molecule has 0 spiro atoms. The standard InChI is InChI=1S/C13H18N2O/c1-10(12-7-8-16-9-12)15-13(14)11-5-3-2-4-6-11/h2-6,10,12H,7-9H2,1H3,(H2,14,15). The van der Waals surface area contributed by atoms with Crippen molar-refractivity contribution in [3.63, 3.8) is 0 Å². The number of ether oxygens (including phenoxy) is 1. The van der Waals surface area contributed by atoms with Crippen molar-refractivity contribution in [2.24, 2.45) is 16.6 Å². The summed E-state index contributed by atoms with van der Waals surface area (Å²) in [6, 6.07) is 10.1. The van der Waals surface area contributed by atoms with E-state index in [1.807, 2.05) is 30.3 Å². The molecule has 1 aliphatic heterocycles. The van der Waals surface area contributed by atoms with Crippen molar-refractivity contribution in [2.45, 2.75) is 19.4 Å². The molecule has 2 N–H and O–H groups in total. The summed E-state index contributed by atoms with van der Waals surface area (Å²) in [4.78, 5) is 4.54. The van der Waals surface area contributed by atoms with Crippen molar-refractivity contribution >= 4 is 5.84 Å². The highest BCUT2D eigenvalue weighted by Crippen LogP contribution is 2.19. The Labute approximate surface area is 96.3 Å². The van der Waals surface area contributed by atoms with Crippen LogP contribution in [0.5, 0.6) is 0 Å². The number of nitrogens with zero attached hydrogens (tertiary/aromatic N) is 1. The monoisotopic (exact) mass is 218 g/mol. The van der Waals surface area contributed by atoms with Crippen LogP contribution in [0, 0.1) is 5.92 Å². The summed E-state index contributed by atoms with van der Waals surface area (Å²) in [5, 5.41) is 0. The normalized spacial score (nSPS) is 23.3. The molecule has 2 atom stereocenters. The summed E-state index contributed by atoms with van der Waals surface area (Å²) in [6.45, 7) is 3.78. The molecule has 1 saturated heterocycles. The molecule has 1 aromatic carbocycles. The number of amidine groups is 1. The van der Waals surface area contributed by atoms with Crippen molar-refractivity contribution in [1.82, 2.24) is 0 Å². The molecule has 16 heavy (non-hydrogen) atoms. The lowest BCUT2D eigenvalue weighted by molar-refractivity contribution is 0.182. The Morgan fingerprint density at radius 3 is 2.81 bits per heavy atom. The van der Waals surface area contributed by atoms with Gasteiger partial charge in [-0.05, 0) is 13.3 Å². The highest BCUT2D eigenvalue weighted by atomic mass is 16.5. The first kappa shape index (κ1) is 11.1. The second kappa shape index (κ2) is 5.12. The zero-order valence-corrected chi connectivity index (χ0v) is 9.60. The van der Waals surface area contributed by atoms with Gasteiger partial charge in [-0.15, -0.1) is 0 Å². The number of hydrogen-bond donors (Lipinski definition) is 1. The van der Waals surface area contributed by atoms with Gasteiger partial charge in [-0.2, -0.15) is 0 Å². The summed E-state index contributed by atoms with van der Waals surface area (Å²) in [7, 11) is 0. The van der Waals surface area contributed by atoms with Crippen LogP contribution in [0.4, 0.5) is 0 Å². The Kier molecular flexibility index (Phi) is 3.57. The van der Waals surface area contributed by atoms with Gasteiger partial charge in [0, 0.05) is 18.1 Å². The molecule has 1 aliphatic rings. The third-order valence-corrected chi connectivity index (χ3v) is 3.06. The van der Waals surface area contributed by atoms with Crippen LogP contribution >= 0.6 is 0 Å². The summed E-state index contributed by atoms with van der Waals surface area (Å²) in [6.07, 6.45) is 1.09. The van der Waals surface area contributed by atoms with E-state index in [1.165, 1.54) is 0 Å². The molecule has 86 valence electrons. The topological polar surface area (TPSA) is 47.6 Å². The van der Waals surface area contributed by atoms with Gasteiger partial charge in [-0.3, -0.25) is 4.99 Å². The quantitative estimate of drug-likeness (QED) is 0.621. The lowest BCUT2D eigenvalue weighted by Gasteiger charge is -2.13. The van der Waals surface area contributed by atoms with Gasteiger partial charge in [0.25, 0.3) is 0 Å². The van der Waals surface area contributed by atoms with Gasteiger partial charge in [-0.25, -0.2) is 0 Å². The molecule has 1 fully saturated rings. The Balaban J connectivity index is 2.05. The average molecular weight is 218 g/mol. The zero-order chi connectivity index (χ0) is 11.4. The average Bonchev–Trinajstić information content (AvgIpc) is 2.83. The van der Waals surface area contributed by atoms with Crippen molar-refractivity contribution in [2.75, 3.05) is 13.2 Å². The minimum absolute atomic E-state index is 0.239. The summed E-state index contributed by atoms with van der Waals surface area (Å²) < 4.78 is 5.36. The lowest BCUT2D eigenvalue weighted by atomic mass is 10.0. The molecule has 0 aliphatic carbocycles. The van der Waals surface area contributed by atoms with Gasteiger partial charge in [-0.1, -0.05) is 30.3 Å². The fraction of sp³-hybridized carbons (Fsp3) is 0.462. The summed E-state index contributed by atoms with van der Waals surface area (Å²) >= 11 is 0. The van der Waals surface area contributed by atoms with E-state index in [0.29, 0.717) is 11.8 Å². The number of aliphatic imine (C=N–C) groups is 1. The van der Waals surface area contributed by atoms with E-state index < -0.39 is 0 Å². The molecular formula is C13H18N2O. The van der Waals surface area contributed by atoms with E-state index in [1.54, 1.807) is 0 Å². The fourth-order valence-electron chi connectivity index (χ4n) is 1.94. The first-order valence-corrected chi connectivity index (χ1v) is 5.74. The van der Waals surface area contributed by atoms with Gasteiger partial charge in [0.2, 0.25) is 0 Å². The van der Waals surface area contributed by atoms with E-state index >= 15 is 0 Å². The Bertz CT molecular complexity index is 355. The Morgan fingerprint density at radius 2 is 2.19 bits per heavy atom. The largest absolute Gasteiger partial charge is 0.383 e. The van der Waals surface area contributed by atoms with Gasteiger partial charge < -0.3 is 10.5 Å². The second-order valence-electron chi connectivity index (χ2n) is 4.24. The smallest absolute Gasteiger partial charge is 0.125 e. The summed E-state index contributed by atoms with van der Waals surface area (Å²) in [5.74, 6) is 1.14. The third kappa shape index (κ3) is 2.61. The van der Waals surface area contributed by atoms with E-state index in [0.717, 1.165) is 25.2 Å². The second-order valence-corrected chi connectivity index (χ2v) is 4.24. The molecule has 0 saturated carbocycles. The van der Waals surface area contributed by atoms with Crippen LogP contribution in [0.2, 0.25) is 0 Å².